The first-order valence-electron chi connectivity index (χ1n) is 11.6. The highest BCUT2D eigenvalue weighted by atomic mass is 16.5. The van der Waals surface area contributed by atoms with Gasteiger partial charge in [0, 0.05) is 24.5 Å². The summed E-state index contributed by atoms with van der Waals surface area (Å²) in [6, 6.07) is 26.2. The molecule has 5 aromatic rings. The molecule has 2 aromatic carbocycles. The number of carbonyl (C=O) groups is 1. The fraction of sp³-hybridized carbons (Fsp3) is 0.138. The van der Waals surface area contributed by atoms with E-state index in [-0.39, 0.29) is 5.91 Å². The molecule has 6 heteroatoms. The van der Waals surface area contributed by atoms with E-state index < -0.39 is 0 Å². The summed E-state index contributed by atoms with van der Waals surface area (Å²) in [7, 11) is 0. The van der Waals surface area contributed by atoms with E-state index in [1.165, 1.54) is 11.1 Å². The molecule has 0 atom stereocenters. The highest BCUT2D eigenvalue weighted by molar-refractivity contribution is 5.92. The molecule has 0 saturated heterocycles. The second-order valence-electron chi connectivity index (χ2n) is 8.26. The van der Waals surface area contributed by atoms with Crippen molar-refractivity contribution in [3.63, 3.8) is 0 Å². The number of pyridine rings is 2. The van der Waals surface area contributed by atoms with E-state index in [1.54, 1.807) is 12.3 Å². The van der Waals surface area contributed by atoms with Crippen molar-refractivity contribution in [2.24, 2.45) is 0 Å². The summed E-state index contributed by atoms with van der Waals surface area (Å²) in [4.78, 5) is 21.2. The summed E-state index contributed by atoms with van der Waals surface area (Å²) >= 11 is 0. The number of nitrogens with zero attached hydrogens (tertiary/aromatic N) is 3. The molecule has 0 bridgehead atoms. The van der Waals surface area contributed by atoms with Gasteiger partial charge in [0.1, 0.15) is 12.3 Å². The van der Waals surface area contributed by atoms with Gasteiger partial charge >= 0.3 is 0 Å². The summed E-state index contributed by atoms with van der Waals surface area (Å²) in [6.45, 7) is 4.85. The summed E-state index contributed by atoms with van der Waals surface area (Å²) in [5.74, 6) is 0.530. The molecule has 5 rings (SSSR count). The Morgan fingerprint density at radius 2 is 1.66 bits per heavy atom. The largest absolute Gasteiger partial charge is 0.485 e. The lowest BCUT2D eigenvalue weighted by Gasteiger charge is -2.09. The van der Waals surface area contributed by atoms with E-state index in [0.717, 1.165) is 28.2 Å². The summed E-state index contributed by atoms with van der Waals surface area (Å²) in [6.07, 6.45) is 3.67. The Morgan fingerprint density at radius 3 is 2.37 bits per heavy atom. The van der Waals surface area contributed by atoms with Gasteiger partial charge in [0.2, 0.25) is 0 Å². The first-order valence-corrected chi connectivity index (χ1v) is 11.6. The Balaban J connectivity index is 1.37. The molecular formula is C29H26N4O2. The van der Waals surface area contributed by atoms with Crippen molar-refractivity contribution in [1.29, 1.82) is 0 Å². The molecule has 0 radical (unpaired) electrons. The third-order valence-corrected chi connectivity index (χ3v) is 5.85. The van der Waals surface area contributed by atoms with Gasteiger partial charge in [0.25, 0.3) is 5.91 Å². The normalized spacial score (nSPS) is 10.9. The number of rotatable bonds is 7. The van der Waals surface area contributed by atoms with E-state index in [0.29, 0.717) is 24.6 Å². The molecule has 3 aromatic heterocycles. The van der Waals surface area contributed by atoms with E-state index in [2.05, 4.69) is 46.7 Å². The Kier molecular flexibility index (Phi) is 6.26. The van der Waals surface area contributed by atoms with Crippen LogP contribution in [0.25, 0.3) is 28.0 Å². The lowest BCUT2D eigenvalue weighted by Crippen LogP contribution is -2.23. The van der Waals surface area contributed by atoms with Gasteiger partial charge in [0.05, 0.1) is 11.4 Å². The molecule has 0 fully saturated rings. The number of amides is 1. The molecule has 3 heterocycles. The third-order valence-electron chi connectivity index (χ3n) is 5.85. The van der Waals surface area contributed by atoms with Crippen LogP contribution in [0.1, 0.15) is 28.7 Å². The number of carbonyl (C=O) groups excluding carboxylic acids is 1. The fourth-order valence-corrected chi connectivity index (χ4v) is 4.12. The number of hydrogen-bond acceptors (Lipinski definition) is 4. The summed E-state index contributed by atoms with van der Waals surface area (Å²) in [5, 5.41) is 2.77. The molecule has 35 heavy (non-hydrogen) atoms. The maximum absolute atomic E-state index is 12.0. The Hall–Kier alpha value is -4.45. The van der Waals surface area contributed by atoms with Crippen molar-refractivity contribution < 1.29 is 9.53 Å². The number of hydrogen-bond donors (Lipinski definition) is 1. The first-order chi connectivity index (χ1) is 17.1. The van der Waals surface area contributed by atoms with E-state index in [1.807, 2.05) is 60.8 Å². The van der Waals surface area contributed by atoms with E-state index in [4.69, 9.17) is 9.72 Å². The minimum Gasteiger partial charge on any atom is -0.485 e. The van der Waals surface area contributed by atoms with Crippen LogP contribution in [0.4, 0.5) is 0 Å². The van der Waals surface area contributed by atoms with Crippen molar-refractivity contribution in [3.05, 3.63) is 108 Å². The van der Waals surface area contributed by atoms with Crippen LogP contribution in [-0.2, 0) is 6.61 Å². The zero-order valence-corrected chi connectivity index (χ0v) is 19.7. The molecule has 6 nitrogen and oxygen atoms in total. The Bertz CT molecular complexity index is 1460. The topological polar surface area (TPSA) is 68.5 Å². The molecule has 0 spiro atoms. The van der Waals surface area contributed by atoms with Crippen LogP contribution in [0.3, 0.4) is 0 Å². The van der Waals surface area contributed by atoms with Crippen molar-refractivity contribution in [2.45, 2.75) is 20.5 Å². The molecule has 0 saturated carbocycles. The number of aryl methyl sites for hydroxylation is 1. The van der Waals surface area contributed by atoms with Crippen molar-refractivity contribution in [1.82, 2.24) is 19.7 Å². The number of imidazole rings is 1. The lowest BCUT2D eigenvalue weighted by molar-refractivity contribution is 0.0951. The zero-order valence-electron chi connectivity index (χ0n) is 19.7. The first kappa shape index (κ1) is 22.3. The predicted molar refractivity (Wildman–Crippen MR) is 137 cm³/mol. The molecule has 0 aliphatic heterocycles. The average Bonchev–Trinajstić information content (AvgIpc) is 3.25. The zero-order chi connectivity index (χ0) is 24.2. The maximum Gasteiger partial charge on any atom is 0.269 e. The quantitative estimate of drug-likeness (QED) is 0.337. The lowest BCUT2D eigenvalue weighted by atomic mass is 10.0. The van der Waals surface area contributed by atoms with Crippen LogP contribution in [0.2, 0.25) is 0 Å². The van der Waals surface area contributed by atoms with Gasteiger partial charge in [-0.25, -0.2) is 4.98 Å². The van der Waals surface area contributed by atoms with Crippen LogP contribution in [0, 0.1) is 6.92 Å². The molecular weight excluding hydrogens is 436 g/mol. The van der Waals surface area contributed by atoms with Crippen molar-refractivity contribution in [2.75, 3.05) is 6.54 Å². The number of benzene rings is 2. The number of fused-ring (bicyclic) bond motifs is 1. The highest BCUT2D eigenvalue weighted by Crippen LogP contribution is 2.29. The minimum absolute atomic E-state index is 0.179. The maximum atomic E-state index is 12.0. The van der Waals surface area contributed by atoms with E-state index in [9.17, 15) is 4.79 Å². The third kappa shape index (κ3) is 4.64. The van der Waals surface area contributed by atoms with Crippen molar-refractivity contribution >= 4 is 11.6 Å². The molecule has 1 amide bonds. The SMILES string of the molecule is CCNC(=O)c1ccc(-c2c(C)nc3c(OCc4ccc(-c5ccccc5)cc4)cccn23)cn1. The molecule has 0 aliphatic rings. The van der Waals surface area contributed by atoms with Crippen LogP contribution in [0.15, 0.2) is 91.3 Å². The number of ether oxygens (including phenoxy) is 1. The van der Waals surface area contributed by atoms with Crippen LogP contribution in [0.5, 0.6) is 5.75 Å². The Labute approximate surface area is 204 Å². The van der Waals surface area contributed by atoms with Gasteiger partial charge in [-0.2, -0.15) is 0 Å². The van der Waals surface area contributed by atoms with Crippen LogP contribution >= 0.6 is 0 Å². The van der Waals surface area contributed by atoms with Crippen molar-refractivity contribution in [3.8, 4) is 28.1 Å². The monoisotopic (exact) mass is 462 g/mol. The smallest absolute Gasteiger partial charge is 0.269 e. The second kappa shape index (κ2) is 9.81. The Morgan fingerprint density at radius 1 is 0.914 bits per heavy atom. The van der Waals surface area contributed by atoms with Gasteiger partial charge in [-0.15, -0.1) is 0 Å². The summed E-state index contributed by atoms with van der Waals surface area (Å²) in [5.41, 5.74) is 7.26. The van der Waals surface area contributed by atoms with Gasteiger partial charge in [-0.3, -0.25) is 14.2 Å². The van der Waals surface area contributed by atoms with Gasteiger partial charge < -0.3 is 10.1 Å². The highest BCUT2D eigenvalue weighted by Gasteiger charge is 2.15. The standard InChI is InChI=1S/C29H26N4O2/c1-3-30-29(34)25-16-15-24(18-31-25)27-20(2)32-28-26(10-7-17-33(27)28)35-19-21-11-13-23(14-12-21)22-8-5-4-6-9-22/h4-18H,3,19H2,1-2H3,(H,30,34). The number of aromatic nitrogens is 3. The molecule has 174 valence electrons. The number of nitrogens with one attached hydrogen (secondary N) is 1. The predicted octanol–water partition coefficient (Wildman–Crippen LogP) is 5.70. The van der Waals surface area contributed by atoms with Gasteiger partial charge in [0.15, 0.2) is 11.4 Å². The fourth-order valence-electron chi connectivity index (χ4n) is 4.12. The molecule has 0 unspecified atom stereocenters. The molecule has 0 aliphatic carbocycles. The van der Waals surface area contributed by atoms with Gasteiger partial charge in [-0.05, 0) is 54.8 Å². The minimum atomic E-state index is -0.179. The van der Waals surface area contributed by atoms with Crippen LogP contribution in [-0.4, -0.2) is 26.8 Å². The van der Waals surface area contributed by atoms with Crippen LogP contribution < -0.4 is 10.1 Å². The average molecular weight is 463 g/mol. The molecule has 1 N–H and O–H groups in total. The summed E-state index contributed by atoms with van der Waals surface area (Å²) < 4.78 is 8.19. The van der Waals surface area contributed by atoms with Gasteiger partial charge in [-0.1, -0.05) is 54.6 Å². The second-order valence-corrected chi connectivity index (χ2v) is 8.26. The van der Waals surface area contributed by atoms with E-state index >= 15 is 0 Å².